The highest BCUT2D eigenvalue weighted by Crippen LogP contribution is 2.36. The molecule has 0 aliphatic carbocycles. The van der Waals surface area contributed by atoms with Crippen LogP contribution in [0.15, 0.2) is 47.1 Å². The summed E-state index contributed by atoms with van der Waals surface area (Å²) in [5.41, 5.74) is 6.17. The highest BCUT2D eigenvalue weighted by atomic mass is 19.4. The first-order chi connectivity index (χ1) is 9.95. The summed E-state index contributed by atoms with van der Waals surface area (Å²) in [6.07, 6.45) is -1.36. The van der Waals surface area contributed by atoms with Crippen LogP contribution in [-0.2, 0) is 6.18 Å². The van der Waals surface area contributed by atoms with Crippen molar-refractivity contribution in [2.24, 2.45) is 0 Å². The lowest BCUT2D eigenvalue weighted by Gasteiger charge is -2.10. The Bertz CT molecular complexity index is 796. The van der Waals surface area contributed by atoms with E-state index in [1.165, 1.54) is 18.3 Å². The van der Waals surface area contributed by atoms with E-state index in [1.54, 1.807) is 12.3 Å². The molecule has 0 radical (unpaired) electrons. The van der Waals surface area contributed by atoms with Crippen molar-refractivity contribution in [3.8, 4) is 0 Å². The van der Waals surface area contributed by atoms with Crippen LogP contribution in [0.3, 0.4) is 0 Å². The number of nitrogens with one attached hydrogen (secondary N) is 1. The Hall–Kier alpha value is -2.70. The molecule has 0 aliphatic heterocycles. The number of anilines is 3. The number of furan rings is 1. The van der Waals surface area contributed by atoms with E-state index in [0.29, 0.717) is 16.7 Å². The van der Waals surface area contributed by atoms with Gasteiger partial charge in [0.1, 0.15) is 5.69 Å². The van der Waals surface area contributed by atoms with Gasteiger partial charge >= 0.3 is 6.18 Å². The van der Waals surface area contributed by atoms with E-state index in [-0.39, 0.29) is 11.6 Å². The van der Waals surface area contributed by atoms with Crippen LogP contribution >= 0.6 is 0 Å². The monoisotopic (exact) mass is 293 g/mol. The van der Waals surface area contributed by atoms with Gasteiger partial charge in [-0.25, -0.2) is 0 Å². The average Bonchev–Trinajstić information content (AvgIpc) is 2.75. The largest absolute Gasteiger partial charge is 0.437 e. The number of nitrogens with two attached hydrogens (primary N) is 1. The number of pyridine rings is 1. The number of nitrogen functional groups attached to an aromatic ring is 1. The van der Waals surface area contributed by atoms with Gasteiger partial charge in [0.05, 0.1) is 11.8 Å². The molecule has 0 spiro atoms. The second-order valence-electron chi connectivity index (χ2n) is 4.42. The third-order valence-corrected chi connectivity index (χ3v) is 2.98. The molecule has 3 aromatic rings. The second kappa shape index (κ2) is 4.69. The smallest absolute Gasteiger partial charge is 0.416 e. The Kier molecular flexibility index (Phi) is 2.97. The van der Waals surface area contributed by atoms with E-state index >= 15 is 0 Å². The van der Waals surface area contributed by atoms with Crippen molar-refractivity contribution >= 4 is 28.2 Å². The quantitative estimate of drug-likeness (QED) is 0.744. The number of hydrogen-bond acceptors (Lipinski definition) is 4. The van der Waals surface area contributed by atoms with E-state index in [4.69, 9.17) is 10.2 Å². The number of alkyl halides is 3. The van der Waals surface area contributed by atoms with Crippen LogP contribution in [0.5, 0.6) is 0 Å². The van der Waals surface area contributed by atoms with Gasteiger partial charge in [-0.3, -0.25) is 4.98 Å². The van der Waals surface area contributed by atoms with Gasteiger partial charge in [-0.1, -0.05) is 6.07 Å². The molecule has 0 aliphatic rings. The van der Waals surface area contributed by atoms with Crippen LogP contribution in [0.2, 0.25) is 0 Å². The molecule has 0 unspecified atom stereocenters. The lowest BCUT2D eigenvalue weighted by atomic mass is 10.2. The van der Waals surface area contributed by atoms with E-state index in [0.717, 1.165) is 12.1 Å². The Labute approximate surface area is 117 Å². The maximum atomic E-state index is 12.7. The number of benzene rings is 1. The average molecular weight is 293 g/mol. The molecule has 0 saturated heterocycles. The second-order valence-corrected chi connectivity index (χ2v) is 4.42. The fourth-order valence-electron chi connectivity index (χ4n) is 2.02. The Morgan fingerprint density at radius 2 is 2.00 bits per heavy atom. The summed E-state index contributed by atoms with van der Waals surface area (Å²) >= 11 is 0. The van der Waals surface area contributed by atoms with Gasteiger partial charge in [0.15, 0.2) is 5.58 Å². The van der Waals surface area contributed by atoms with Gasteiger partial charge in [-0.15, -0.1) is 0 Å². The minimum absolute atomic E-state index is 0.0930. The summed E-state index contributed by atoms with van der Waals surface area (Å²) in [4.78, 5) is 3.89. The predicted octanol–water partition coefficient (Wildman–Crippen LogP) is 4.17. The molecule has 2 aromatic heterocycles. The molecule has 0 bridgehead atoms. The van der Waals surface area contributed by atoms with E-state index in [9.17, 15) is 13.2 Å². The molecule has 0 fully saturated rings. The van der Waals surface area contributed by atoms with Crippen molar-refractivity contribution in [2.75, 3.05) is 11.1 Å². The van der Waals surface area contributed by atoms with Crippen LogP contribution in [0.4, 0.5) is 30.4 Å². The molecule has 4 nitrogen and oxygen atoms in total. The normalized spacial score (nSPS) is 11.8. The first-order valence-electron chi connectivity index (χ1n) is 6.01. The van der Waals surface area contributed by atoms with E-state index < -0.39 is 11.7 Å². The lowest BCUT2D eigenvalue weighted by molar-refractivity contribution is -0.137. The van der Waals surface area contributed by atoms with Crippen molar-refractivity contribution in [3.63, 3.8) is 0 Å². The molecule has 0 atom stereocenters. The zero-order chi connectivity index (χ0) is 15.0. The van der Waals surface area contributed by atoms with Crippen LogP contribution in [0, 0.1) is 0 Å². The van der Waals surface area contributed by atoms with Gasteiger partial charge in [-0.05, 0) is 24.3 Å². The third kappa shape index (κ3) is 2.49. The number of halogens is 3. The fourth-order valence-corrected chi connectivity index (χ4v) is 2.02. The van der Waals surface area contributed by atoms with Gasteiger partial charge in [0.25, 0.3) is 0 Å². The number of fused-ring (bicyclic) bond motifs is 1. The topological polar surface area (TPSA) is 64.1 Å². The molecule has 0 saturated carbocycles. The van der Waals surface area contributed by atoms with Crippen LogP contribution < -0.4 is 11.1 Å². The minimum Gasteiger partial charge on any atom is -0.437 e. The van der Waals surface area contributed by atoms with Crippen molar-refractivity contribution < 1.29 is 17.6 Å². The zero-order valence-corrected chi connectivity index (χ0v) is 10.6. The van der Waals surface area contributed by atoms with E-state index in [2.05, 4.69) is 10.3 Å². The van der Waals surface area contributed by atoms with Gasteiger partial charge < -0.3 is 15.5 Å². The van der Waals surface area contributed by atoms with Gasteiger partial charge in [-0.2, -0.15) is 13.2 Å². The number of hydrogen-bond donors (Lipinski definition) is 2. The predicted molar refractivity (Wildman–Crippen MR) is 73.1 cm³/mol. The highest BCUT2D eigenvalue weighted by Gasteiger charge is 2.30. The van der Waals surface area contributed by atoms with Crippen molar-refractivity contribution in [3.05, 3.63) is 48.3 Å². The van der Waals surface area contributed by atoms with Crippen LogP contribution in [-0.4, -0.2) is 4.98 Å². The number of aromatic nitrogens is 1. The summed E-state index contributed by atoms with van der Waals surface area (Å²) < 4.78 is 43.4. The first kappa shape index (κ1) is 13.3. The van der Waals surface area contributed by atoms with Crippen LogP contribution in [0.1, 0.15) is 5.56 Å². The van der Waals surface area contributed by atoms with Crippen molar-refractivity contribution in [2.45, 2.75) is 6.18 Å². The summed E-state index contributed by atoms with van der Waals surface area (Å²) in [5.74, 6) is 0.0930. The lowest BCUT2D eigenvalue weighted by Crippen LogP contribution is -2.05. The van der Waals surface area contributed by atoms with Crippen molar-refractivity contribution in [1.82, 2.24) is 4.98 Å². The van der Waals surface area contributed by atoms with E-state index in [1.807, 2.05) is 0 Å². The fraction of sp³-hybridized carbons (Fsp3) is 0.0714. The molecular formula is C14H10F3N3O. The summed E-state index contributed by atoms with van der Waals surface area (Å²) in [7, 11) is 0. The standard InChI is InChI=1S/C14H10F3N3O/c15-14(16,17)8-2-1-3-9(6-8)20-12-10-4-5-19-7-11(10)21-13(12)18/h1-7,20H,18H2. The van der Waals surface area contributed by atoms with Crippen LogP contribution in [0.25, 0.3) is 11.0 Å². The summed E-state index contributed by atoms with van der Waals surface area (Å²) in [5, 5.41) is 3.51. The molecule has 3 rings (SSSR count). The minimum atomic E-state index is -4.40. The molecule has 3 N–H and O–H groups in total. The maximum absolute atomic E-state index is 12.7. The molecular weight excluding hydrogens is 283 g/mol. The number of nitrogens with zero attached hydrogens (tertiary/aromatic N) is 1. The molecule has 2 heterocycles. The zero-order valence-electron chi connectivity index (χ0n) is 10.6. The Morgan fingerprint density at radius 1 is 1.19 bits per heavy atom. The summed E-state index contributed by atoms with van der Waals surface area (Å²) in [6.45, 7) is 0. The molecule has 21 heavy (non-hydrogen) atoms. The molecule has 1 aromatic carbocycles. The highest BCUT2D eigenvalue weighted by molar-refractivity contribution is 5.97. The Balaban J connectivity index is 2.01. The Morgan fingerprint density at radius 3 is 2.76 bits per heavy atom. The maximum Gasteiger partial charge on any atom is 0.416 e. The molecule has 108 valence electrons. The third-order valence-electron chi connectivity index (χ3n) is 2.98. The molecule has 7 heteroatoms. The SMILES string of the molecule is Nc1oc2cnccc2c1Nc1cccc(C(F)(F)F)c1. The molecule has 0 amide bonds. The van der Waals surface area contributed by atoms with Crippen molar-refractivity contribution in [1.29, 1.82) is 0 Å². The summed E-state index contributed by atoms with van der Waals surface area (Å²) in [6, 6.07) is 6.54. The number of rotatable bonds is 2. The first-order valence-corrected chi connectivity index (χ1v) is 6.01. The van der Waals surface area contributed by atoms with Gasteiger partial charge in [0.2, 0.25) is 5.88 Å². The van der Waals surface area contributed by atoms with Gasteiger partial charge in [0, 0.05) is 17.3 Å².